The van der Waals surface area contributed by atoms with Gasteiger partial charge in [-0.25, -0.2) is 16.8 Å². The lowest BCUT2D eigenvalue weighted by Crippen LogP contribution is -3.61. The molecule has 0 amide bonds. The molecule has 0 aliphatic carbocycles. The van der Waals surface area contributed by atoms with Gasteiger partial charge in [-0.3, -0.25) is 0 Å². The average Bonchev–Trinajstić information content (AvgIpc) is 3.16. The molecule has 5 aromatic carbocycles. The van der Waals surface area contributed by atoms with Gasteiger partial charge in [-0.1, -0.05) is 75.4 Å². The summed E-state index contributed by atoms with van der Waals surface area (Å²) in [5, 5.41) is 0. The molecule has 13 heteroatoms. The van der Waals surface area contributed by atoms with Crippen LogP contribution in [0.2, 0.25) is 0 Å². The summed E-state index contributed by atoms with van der Waals surface area (Å²) in [6.07, 6.45) is 1.12. The number of hydrogen-bond acceptors (Lipinski definition) is 6. The van der Waals surface area contributed by atoms with Crippen molar-refractivity contribution in [2.24, 2.45) is 0 Å². The maximum Gasteiger partial charge on any atom is 0.417 e. The van der Waals surface area contributed by atoms with Crippen molar-refractivity contribution in [3.8, 4) is 0 Å². The fraction of sp³-hybridized carbons (Fsp3) is 0.362. The van der Waals surface area contributed by atoms with Crippen LogP contribution in [0.4, 0.5) is 13.2 Å². The zero-order chi connectivity index (χ0) is 45.3. The highest BCUT2D eigenvalue weighted by Crippen LogP contribution is 2.33. The van der Waals surface area contributed by atoms with Crippen molar-refractivity contribution < 1.29 is 81.5 Å². The largest absolute Gasteiger partial charge is 0.748 e. The van der Waals surface area contributed by atoms with Gasteiger partial charge in [0.05, 0.1) is 20.6 Å². The van der Waals surface area contributed by atoms with Crippen LogP contribution in [-0.2, 0) is 26.4 Å². The summed E-state index contributed by atoms with van der Waals surface area (Å²) in [6, 6.07) is 30.7. The monoisotopic (exact) mass is 1090 g/mol. The molecule has 0 atom stereocenters. The van der Waals surface area contributed by atoms with Crippen LogP contribution in [0.25, 0.3) is 0 Å². The van der Waals surface area contributed by atoms with Crippen LogP contribution in [0, 0.1) is 69.7 Å². The summed E-state index contributed by atoms with van der Waals surface area (Å²) in [6.45, 7) is 19.6. The van der Waals surface area contributed by atoms with Gasteiger partial charge in [0.2, 0.25) is 0 Å². The Balaban J connectivity index is 0.000000279. The van der Waals surface area contributed by atoms with Crippen LogP contribution in [0.5, 0.6) is 0 Å². The lowest BCUT2D eigenvalue weighted by atomic mass is 10.1. The fourth-order valence-electron chi connectivity index (χ4n) is 5.28. The van der Waals surface area contributed by atoms with Crippen LogP contribution in [0.3, 0.4) is 0 Å². The van der Waals surface area contributed by atoms with Gasteiger partial charge in [-0.2, -0.15) is 13.2 Å². The Morgan fingerprint density at radius 2 is 0.817 bits per heavy atom. The minimum absolute atomic E-state index is 0.0304. The van der Waals surface area contributed by atoms with Crippen LogP contribution >= 0.6 is 0 Å². The van der Waals surface area contributed by atoms with Crippen molar-refractivity contribution in [3.05, 3.63) is 161 Å². The summed E-state index contributed by atoms with van der Waals surface area (Å²) in [5.74, 6) is -0.195. The molecule has 0 fully saturated rings. The molecular formula is C47H57F3I2O6S2. The van der Waals surface area contributed by atoms with E-state index in [4.69, 9.17) is 0 Å². The Kier molecular flexibility index (Phi) is 22.5. The summed E-state index contributed by atoms with van der Waals surface area (Å²) in [7, 11) is -9.05. The zero-order valence-electron chi connectivity index (χ0n) is 35.8. The third-order valence-electron chi connectivity index (χ3n) is 9.52. The molecule has 6 nitrogen and oxygen atoms in total. The predicted molar refractivity (Wildman–Crippen MR) is 226 cm³/mol. The van der Waals surface area contributed by atoms with E-state index < -0.39 is 36.9 Å². The Hall–Kier alpha value is -2.83. The third-order valence-corrected chi connectivity index (χ3v) is 16.4. The van der Waals surface area contributed by atoms with Gasteiger partial charge < -0.3 is 9.11 Å². The first-order valence-corrected chi connectivity index (χ1v) is 26.9. The quantitative estimate of drug-likeness (QED) is 0.0915. The maximum absolute atomic E-state index is 12.2. The number of halogens is 5. The van der Waals surface area contributed by atoms with Crippen LogP contribution in [0.1, 0.15) is 95.5 Å². The standard InChI is InChI=1S/2C16H18I.C8H18O3S.C7H5F3O3S/c2*1-11-5-7-15(9-13(11)3)17-16-8-6-12(2)14(4)10-16;1-2-3-4-5-6-7-8-12(9,10)11;8-7(9,10)5-3-1-2-4-6(5)14(11,12)13/h2*5-10H,1-4H3;2-8H2,1H3,(H,9,10,11);1-4H,(H,11,12,13)/q2*+1;;/p-2. The minimum atomic E-state index is -5.09. The van der Waals surface area contributed by atoms with Gasteiger partial charge >= 0.3 is 48.6 Å². The van der Waals surface area contributed by atoms with Crippen molar-refractivity contribution in [1.29, 1.82) is 0 Å². The second-order valence-corrected chi connectivity index (χ2v) is 23.5. The lowest BCUT2D eigenvalue weighted by molar-refractivity contribution is -0.597. The maximum atomic E-state index is 12.2. The molecule has 0 bridgehead atoms. The first-order valence-electron chi connectivity index (χ1n) is 19.6. The van der Waals surface area contributed by atoms with Crippen molar-refractivity contribution in [2.75, 3.05) is 5.75 Å². The van der Waals surface area contributed by atoms with E-state index >= 15 is 0 Å². The highest BCUT2D eigenvalue weighted by molar-refractivity contribution is 7.86. The van der Waals surface area contributed by atoms with E-state index in [1.807, 2.05) is 0 Å². The van der Waals surface area contributed by atoms with Gasteiger partial charge in [0.1, 0.15) is 10.1 Å². The van der Waals surface area contributed by atoms with Crippen LogP contribution in [-0.4, -0.2) is 31.7 Å². The topological polar surface area (TPSA) is 114 Å². The summed E-state index contributed by atoms with van der Waals surface area (Å²) >= 11 is -0.0608. The molecular weight excluding hydrogens is 1040 g/mol. The molecule has 0 saturated carbocycles. The fourth-order valence-corrected chi connectivity index (χ4v) is 11.9. The molecule has 0 radical (unpaired) electrons. The predicted octanol–water partition coefficient (Wildman–Crippen LogP) is 5.60. The number of aryl methyl sites for hydroxylation is 8. The van der Waals surface area contributed by atoms with E-state index in [-0.39, 0.29) is 48.2 Å². The van der Waals surface area contributed by atoms with Crippen molar-refractivity contribution in [1.82, 2.24) is 0 Å². The molecule has 0 aromatic heterocycles. The van der Waals surface area contributed by atoms with E-state index in [2.05, 4.69) is 135 Å². The SMILES string of the molecule is CCCCCCCCS(=O)(=O)[O-].Cc1ccc([I+]c2ccc(C)c(C)c2)cc1C.Cc1ccc([I+]c2ccc(C)c(C)c2)cc1C.O=S(=O)([O-])c1ccccc1C(F)(F)F. The smallest absolute Gasteiger partial charge is 0.417 e. The number of benzene rings is 5. The third kappa shape index (κ3) is 20.4. The molecule has 0 saturated heterocycles. The van der Waals surface area contributed by atoms with E-state index in [1.54, 1.807) is 0 Å². The van der Waals surface area contributed by atoms with Gasteiger partial charge in [0, 0.05) is 5.75 Å². The summed E-state index contributed by atoms with van der Waals surface area (Å²) in [4.78, 5) is -1.24. The van der Waals surface area contributed by atoms with Crippen LogP contribution in [0.15, 0.2) is 102 Å². The normalized spacial score (nSPS) is 11.4. The summed E-state index contributed by atoms with van der Waals surface area (Å²) < 4.78 is 104. The van der Waals surface area contributed by atoms with E-state index in [0.29, 0.717) is 18.6 Å². The Bertz CT molecular complexity index is 2160. The summed E-state index contributed by atoms with van der Waals surface area (Å²) in [5.41, 5.74) is 9.75. The highest BCUT2D eigenvalue weighted by atomic mass is 127. The Morgan fingerprint density at radius 1 is 0.483 bits per heavy atom. The van der Waals surface area contributed by atoms with E-state index in [9.17, 15) is 39.1 Å². The Labute approximate surface area is 377 Å². The van der Waals surface area contributed by atoms with Gasteiger partial charge in [-0.05, 0) is 167 Å². The molecule has 328 valence electrons. The van der Waals surface area contributed by atoms with Gasteiger partial charge in [0.25, 0.3) is 0 Å². The molecule has 60 heavy (non-hydrogen) atoms. The molecule has 0 N–H and O–H groups in total. The number of unbranched alkanes of at least 4 members (excludes halogenated alkanes) is 5. The number of hydrogen-bond donors (Lipinski definition) is 0. The molecule has 0 aliphatic rings. The van der Waals surface area contributed by atoms with Crippen molar-refractivity contribution >= 4 is 20.2 Å². The van der Waals surface area contributed by atoms with E-state index in [0.717, 1.165) is 31.4 Å². The van der Waals surface area contributed by atoms with Crippen molar-refractivity contribution in [2.45, 2.75) is 112 Å². The van der Waals surface area contributed by atoms with E-state index in [1.165, 1.54) is 71.6 Å². The molecule has 0 aliphatic heterocycles. The molecule has 5 rings (SSSR count). The second kappa shape index (κ2) is 25.3. The van der Waals surface area contributed by atoms with Crippen LogP contribution < -0.4 is 42.4 Å². The molecule has 0 spiro atoms. The van der Waals surface area contributed by atoms with Crippen molar-refractivity contribution in [3.63, 3.8) is 0 Å². The number of rotatable bonds is 12. The first-order chi connectivity index (χ1) is 27.9. The second-order valence-electron chi connectivity index (χ2n) is 14.6. The highest BCUT2D eigenvalue weighted by Gasteiger charge is 2.34. The lowest BCUT2D eigenvalue weighted by Gasteiger charge is -2.14. The number of alkyl halides is 3. The molecule has 5 aromatic rings. The minimum Gasteiger partial charge on any atom is -0.748 e. The average molecular weight is 1090 g/mol. The Morgan fingerprint density at radius 3 is 1.10 bits per heavy atom. The van der Waals surface area contributed by atoms with Gasteiger partial charge in [-0.15, -0.1) is 0 Å². The van der Waals surface area contributed by atoms with Gasteiger partial charge in [0.15, 0.2) is 14.3 Å². The zero-order valence-corrected chi connectivity index (χ0v) is 41.8. The molecule has 0 unspecified atom stereocenters. The first kappa shape index (κ1) is 53.3. The molecule has 0 heterocycles.